The molecule has 1 aliphatic rings. The van der Waals surface area contributed by atoms with Crippen LogP contribution in [-0.2, 0) is 17.9 Å². The third-order valence-corrected chi connectivity index (χ3v) is 4.16. The highest BCUT2D eigenvalue weighted by Crippen LogP contribution is 2.29. The van der Waals surface area contributed by atoms with Crippen LogP contribution in [0, 0.1) is 0 Å². The van der Waals surface area contributed by atoms with Crippen LogP contribution in [0.2, 0.25) is 5.02 Å². The summed E-state index contributed by atoms with van der Waals surface area (Å²) in [5.74, 6) is -0.0598. The Bertz CT molecular complexity index is 634. The summed E-state index contributed by atoms with van der Waals surface area (Å²) in [5.41, 5.74) is 7.35. The fourth-order valence-electron chi connectivity index (χ4n) is 2.20. The molecule has 7 heteroatoms. The number of carbonyl (C=O) groups is 1. The maximum atomic E-state index is 12.0. The number of thiazole rings is 1. The van der Waals surface area contributed by atoms with Crippen molar-refractivity contribution < 1.29 is 4.79 Å². The number of nitrogens with two attached hydrogens (primary N) is 1. The Morgan fingerprint density at radius 3 is 3.10 bits per heavy atom. The number of carbonyl (C=O) groups excluding carboxylic acids is 1. The lowest BCUT2D eigenvalue weighted by Gasteiger charge is -2.14. The van der Waals surface area contributed by atoms with Crippen molar-refractivity contribution in [3.8, 4) is 0 Å². The first kappa shape index (κ1) is 13.4. The van der Waals surface area contributed by atoms with Gasteiger partial charge in [0.2, 0.25) is 5.91 Å². The standard InChI is InChI=1S/C13H13ClN4OS/c14-8-2-1-3-9(4-8)16-12(19)7-18-5-10-11(6-18)20-13(15)17-10/h1-4H,5-7H2,(H2,15,17)(H,16,19). The number of halogens is 1. The summed E-state index contributed by atoms with van der Waals surface area (Å²) < 4.78 is 0. The lowest BCUT2D eigenvalue weighted by Crippen LogP contribution is -2.29. The van der Waals surface area contributed by atoms with Gasteiger partial charge in [0.05, 0.1) is 12.2 Å². The minimum absolute atomic E-state index is 0.0598. The minimum Gasteiger partial charge on any atom is -0.375 e. The number of nitrogen functional groups attached to an aromatic ring is 1. The first-order valence-electron chi connectivity index (χ1n) is 6.12. The van der Waals surface area contributed by atoms with E-state index in [1.807, 2.05) is 11.0 Å². The molecule has 3 rings (SSSR count). The first-order valence-corrected chi connectivity index (χ1v) is 7.31. The van der Waals surface area contributed by atoms with E-state index in [4.69, 9.17) is 17.3 Å². The summed E-state index contributed by atoms with van der Waals surface area (Å²) in [7, 11) is 0. The van der Waals surface area contributed by atoms with Gasteiger partial charge in [-0.05, 0) is 18.2 Å². The van der Waals surface area contributed by atoms with Crippen molar-refractivity contribution in [3.05, 3.63) is 39.9 Å². The molecule has 0 spiro atoms. The molecule has 5 nitrogen and oxygen atoms in total. The van der Waals surface area contributed by atoms with Crippen molar-refractivity contribution in [2.75, 3.05) is 17.6 Å². The van der Waals surface area contributed by atoms with Crippen LogP contribution in [0.25, 0.3) is 0 Å². The number of hydrogen-bond acceptors (Lipinski definition) is 5. The van der Waals surface area contributed by atoms with Crippen LogP contribution < -0.4 is 11.1 Å². The zero-order chi connectivity index (χ0) is 14.1. The molecule has 0 saturated carbocycles. The van der Waals surface area contributed by atoms with Crippen molar-refractivity contribution in [3.63, 3.8) is 0 Å². The molecule has 0 unspecified atom stereocenters. The van der Waals surface area contributed by atoms with Gasteiger partial charge < -0.3 is 11.1 Å². The molecular formula is C13H13ClN4OS. The third kappa shape index (κ3) is 2.92. The Balaban J connectivity index is 1.57. The molecule has 3 N–H and O–H groups in total. The zero-order valence-electron chi connectivity index (χ0n) is 10.6. The first-order chi connectivity index (χ1) is 9.60. The Morgan fingerprint density at radius 2 is 2.35 bits per heavy atom. The molecular weight excluding hydrogens is 296 g/mol. The van der Waals surface area contributed by atoms with E-state index in [0.29, 0.717) is 28.9 Å². The summed E-state index contributed by atoms with van der Waals surface area (Å²) in [4.78, 5) is 19.4. The van der Waals surface area contributed by atoms with Crippen LogP contribution in [-0.4, -0.2) is 22.3 Å². The van der Waals surface area contributed by atoms with Crippen LogP contribution >= 0.6 is 22.9 Å². The van der Waals surface area contributed by atoms with E-state index in [-0.39, 0.29) is 5.91 Å². The largest absolute Gasteiger partial charge is 0.375 e. The number of nitrogens with zero attached hydrogens (tertiary/aromatic N) is 2. The van der Waals surface area contributed by atoms with Crippen molar-refractivity contribution in [1.29, 1.82) is 0 Å². The lowest BCUT2D eigenvalue weighted by atomic mass is 10.3. The Morgan fingerprint density at radius 1 is 1.50 bits per heavy atom. The van der Waals surface area contributed by atoms with Gasteiger partial charge >= 0.3 is 0 Å². The summed E-state index contributed by atoms with van der Waals surface area (Å²) in [6.45, 7) is 1.73. The summed E-state index contributed by atoms with van der Waals surface area (Å²) in [6.07, 6.45) is 0. The summed E-state index contributed by atoms with van der Waals surface area (Å²) in [6, 6.07) is 7.11. The summed E-state index contributed by atoms with van der Waals surface area (Å²) >= 11 is 7.37. The number of hydrogen-bond donors (Lipinski definition) is 2. The average Bonchev–Trinajstić information content (AvgIpc) is 2.85. The number of nitrogens with one attached hydrogen (secondary N) is 1. The maximum Gasteiger partial charge on any atom is 0.238 e. The molecule has 0 fully saturated rings. The lowest BCUT2D eigenvalue weighted by molar-refractivity contribution is -0.117. The van der Waals surface area contributed by atoms with E-state index >= 15 is 0 Å². The van der Waals surface area contributed by atoms with Crippen LogP contribution in [0.15, 0.2) is 24.3 Å². The third-order valence-electron chi connectivity index (χ3n) is 3.01. The monoisotopic (exact) mass is 308 g/mol. The molecule has 0 aliphatic carbocycles. The van der Waals surface area contributed by atoms with E-state index in [1.165, 1.54) is 11.3 Å². The topological polar surface area (TPSA) is 71.2 Å². The zero-order valence-corrected chi connectivity index (χ0v) is 12.2. The molecule has 1 aliphatic heterocycles. The van der Waals surface area contributed by atoms with Gasteiger partial charge in [0.25, 0.3) is 0 Å². The predicted octanol–water partition coefficient (Wildman–Crippen LogP) is 2.33. The van der Waals surface area contributed by atoms with Gasteiger partial charge in [-0.25, -0.2) is 4.98 Å². The molecule has 1 amide bonds. The molecule has 2 aromatic rings. The normalized spacial score (nSPS) is 14.2. The fourth-order valence-corrected chi connectivity index (χ4v) is 3.28. The highest BCUT2D eigenvalue weighted by molar-refractivity contribution is 7.15. The molecule has 20 heavy (non-hydrogen) atoms. The molecule has 0 saturated heterocycles. The Labute approximate surface area is 125 Å². The Kier molecular flexibility index (Phi) is 3.60. The SMILES string of the molecule is Nc1nc2c(s1)CN(CC(=O)Nc1cccc(Cl)c1)C2. The molecule has 2 heterocycles. The van der Waals surface area contributed by atoms with Crippen molar-refractivity contribution in [2.45, 2.75) is 13.1 Å². The van der Waals surface area contributed by atoms with E-state index < -0.39 is 0 Å². The molecule has 1 aromatic carbocycles. The van der Waals surface area contributed by atoms with Gasteiger partial charge in [-0.15, -0.1) is 11.3 Å². The van der Waals surface area contributed by atoms with Crippen LogP contribution in [0.5, 0.6) is 0 Å². The Hall–Kier alpha value is -1.63. The molecule has 1 aromatic heterocycles. The number of amides is 1. The number of fused-ring (bicyclic) bond motifs is 1. The average molecular weight is 309 g/mol. The van der Waals surface area contributed by atoms with E-state index in [9.17, 15) is 4.79 Å². The van der Waals surface area contributed by atoms with Crippen LogP contribution in [0.4, 0.5) is 10.8 Å². The van der Waals surface area contributed by atoms with Gasteiger partial charge in [-0.3, -0.25) is 9.69 Å². The maximum absolute atomic E-state index is 12.0. The second kappa shape index (κ2) is 5.40. The number of anilines is 2. The quantitative estimate of drug-likeness (QED) is 0.913. The second-order valence-corrected chi connectivity index (χ2v) is 6.18. The fraction of sp³-hybridized carbons (Fsp3) is 0.231. The van der Waals surface area contributed by atoms with Crippen LogP contribution in [0.1, 0.15) is 10.6 Å². The number of benzene rings is 1. The van der Waals surface area contributed by atoms with Gasteiger partial charge in [-0.1, -0.05) is 17.7 Å². The van der Waals surface area contributed by atoms with Crippen molar-refractivity contribution in [1.82, 2.24) is 9.88 Å². The highest BCUT2D eigenvalue weighted by Gasteiger charge is 2.24. The predicted molar refractivity (Wildman–Crippen MR) is 80.7 cm³/mol. The van der Waals surface area contributed by atoms with E-state index in [0.717, 1.165) is 17.1 Å². The molecule has 0 bridgehead atoms. The van der Waals surface area contributed by atoms with Crippen molar-refractivity contribution in [2.24, 2.45) is 0 Å². The highest BCUT2D eigenvalue weighted by atomic mass is 35.5. The molecule has 0 atom stereocenters. The van der Waals surface area contributed by atoms with Gasteiger partial charge in [0.1, 0.15) is 0 Å². The number of aromatic nitrogens is 1. The second-order valence-electron chi connectivity index (χ2n) is 4.63. The smallest absolute Gasteiger partial charge is 0.238 e. The van der Waals surface area contributed by atoms with Crippen LogP contribution in [0.3, 0.4) is 0 Å². The van der Waals surface area contributed by atoms with Crippen molar-refractivity contribution >= 4 is 39.7 Å². The number of rotatable bonds is 3. The van der Waals surface area contributed by atoms with E-state index in [1.54, 1.807) is 18.2 Å². The van der Waals surface area contributed by atoms with Gasteiger partial charge in [-0.2, -0.15) is 0 Å². The molecule has 104 valence electrons. The molecule has 0 radical (unpaired) electrons. The summed E-state index contributed by atoms with van der Waals surface area (Å²) in [5, 5.41) is 4.03. The van der Waals surface area contributed by atoms with Gasteiger partial charge in [0, 0.05) is 28.7 Å². The van der Waals surface area contributed by atoms with E-state index in [2.05, 4.69) is 10.3 Å². The van der Waals surface area contributed by atoms with Gasteiger partial charge in [0.15, 0.2) is 5.13 Å². The minimum atomic E-state index is -0.0598.